The number of amides is 2. The van der Waals surface area contributed by atoms with Crippen LogP contribution in [-0.2, 0) is 30.0 Å². The van der Waals surface area contributed by atoms with E-state index in [4.69, 9.17) is 14.2 Å². The van der Waals surface area contributed by atoms with Crippen LogP contribution >= 0.6 is 0 Å². The molecule has 1 unspecified atom stereocenters. The molecule has 2 fully saturated rings. The van der Waals surface area contributed by atoms with Crippen molar-refractivity contribution in [1.82, 2.24) is 28.9 Å². The van der Waals surface area contributed by atoms with Gasteiger partial charge in [-0.05, 0) is 43.5 Å². The molecule has 0 bridgehead atoms. The maximum Gasteiger partial charge on any atom is 0.410 e. The first-order chi connectivity index (χ1) is 19.2. The highest BCUT2D eigenvalue weighted by Gasteiger charge is 2.38. The fraction of sp³-hybridized carbons (Fsp3) is 0.519. The maximum absolute atomic E-state index is 12.8. The molecule has 2 amide bonds. The molecule has 13 heteroatoms. The Labute approximate surface area is 230 Å². The Balaban J connectivity index is 1.06. The van der Waals surface area contributed by atoms with E-state index in [1.165, 1.54) is 11.6 Å². The van der Waals surface area contributed by atoms with E-state index < -0.39 is 11.2 Å². The van der Waals surface area contributed by atoms with Crippen LogP contribution < -0.4 is 20.7 Å². The number of piperidine rings is 1. The zero-order valence-corrected chi connectivity index (χ0v) is 22.9. The minimum Gasteiger partial charge on any atom is -0.497 e. The van der Waals surface area contributed by atoms with Gasteiger partial charge in [0.1, 0.15) is 29.4 Å². The summed E-state index contributed by atoms with van der Waals surface area (Å²) < 4.78 is 18.8. The number of cyclic esters (lactones) is 1. The van der Waals surface area contributed by atoms with E-state index in [9.17, 15) is 19.2 Å². The summed E-state index contributed by atoms with van der Waals surface area (Å²) >= 11 is 0. The van der Waals surface area contributed by atoms with Gasteiger partial charge in [-0.25, -0.2) is 14.6 Å². The zero-order chi connectivity index (χ0) is 28.4. The van der Waals surface area contributed by atoms with Gasteiger partial charge in [0.15, 0.2) is 11.8 Å². The first-order valence-electron chi connectivity index (χ1n) is 13.4. The maximum atomic E-state index is 12.8. The molecule has 2 aromatic heterocycles. The standard InChI is InChI=1S/C27H34N6O7/c1-30-24-23(25(35)31(2)26(30)36)28-21(29-24)5-4-6-22(34)32-13-11-17(12-14-32)33-15-20(40-27(33)37)16-39-19-9-7-18(38-3)8-10-19/h7-10,17,20H,4-6,11-16H2,1-3H3,(H,28,29). The van der Waals surface area contributed by atoms with E-state index in [0.717, 1.165) is 10.3 Å². The quantitative estimate of drug-likeness (QED) is 0.416. The first kappa shape index (κ1) is 27.3. The summed E-state index contributed by atoms with van der Waals surface area (Å²) in [5.74, 6) is 2.03. The number of carbonyl (C=O) groups is 2. The fourth-order valence-electron chi connectivity index (χ4n) is 5.27. The topological polar surface area (TPSA) is 141 Å². The molecule has 0 spiro atoms. The van der Waals surface area contributed by atoms with Gasteiger partial charge in [-0.15, -0.1) is 0 Å². The molecule has 2 saturated heterocycles. The number of benzene rings is 1. The molecule has 2 aliphatic heterocycles. The van der Waals surface area contributed by atoms with Crippen LogP contribution in [0.1, 0.15) is 31.5 Å². The minimum absolute atomic E-state index is 0.0207. The molecule has 0 radical (unpaired) electrons. The SMILES string of the molecule is COc1ccc(OCC2CN(C3CCN(C(=O)CCCc4nc5c([nH]4)c(=O)n(C)c(=O)n5C)CC3)C(=O)O2)cc1. The second-order valence-corrected chi connectivity index (χ2v) is 10.2. The Kier molecular flexibility index (Phi) is 7.81. The number of H-pyrrole nitrogens is 1. The van der Waals surface area contributed by atoms with Crippen LogP contribution in [0.5, 0.6) is 11.5 Å². The second kappa shape index (κ2) is 11.4. The number of fused-ring (bicyclic) bond motifs is 1. The summed E-state index contributed by atoms with van der Waals surface area (Å²) in [5, 5.41) is 0. The first-order valence-corrected chi connectivity index (χ1v) is 13.4. The average molecular weight is 555 g/mol. The van der Waals surface area contributed by atoms with Crippen molar-refractivity contribution < 1.29 is 23.8 Å². The number of aromatic amines is 1. The molecule has 1 atom stereocenters. The lowest BCUT2D eigenvalue weighted by Crippen LogP contribution is -2.47. The lowest BCUT2D eigenvalue weighted by atomic mass is 10.0. The minimum atomic E-state index is -0.436. The largest absolute Gasteiger partial charge is 0.497 e. The van der Waals surface area contributed by atoms with Gasteiger partial charge < -0.3 is 29.0 Å². The number of aromatic nitrogens is 4. The number of rotatable bonds is 9. The normalized spacial score (nSPS) is 17.9. The summed E-state index contributed by atoms with van der Waals surface area (Å²) in [6.45, 7) is 1.87. The predicted octanol–water partition coefficient (Wildman–Crippen LogP) is 1.18. The van der Waals surface area contributed by atoms with Crippen molar-refractivity contribution in [3.8, 4) is 11.5 Å². The molecule has 214 valence electrons. The van der Waals surface area contributed by atoms with E-state index in [0.29, 0.717) is 69.0 Å². The number of ether oxygens (including phenoxy) is 3. The van der Waals surface area contributed by atoms with E-state index in [2.05, 4.69) is 9.97 Å². The van der Waals surface area contributed by atoms with Crippen LogP contribution in [0.15, 0.2) is 33.9 Å². The van der Waals surface area contributed by atoms with Crippen LogP contribution in [0.25, 0.3) is 11.2 Å². The summed E-state index contributed by atoms with van der Waals surface area (Å²) in [7, 11) is 4.60. The summed E-state index contributed by atoms with van der Waals surface area (Å²) in [6.07, 6.45) is 2.06. The van der Waals surface area contributed by atoms with Crippen LogP contribution in [0.2, 0.25) is 0 Å². The van der Waals surface area contributed by atoms with Gasteiger partial charge in [-0.3, -0.25) is 18.7 Å². The van der Waals surface area contributed by atoms with Gasteiger partial charge in [-0.1, -0.05) is 0 Å². The third kappa shape index (κ3) is 5.54. The number of methoxy groups -OCH3 is 1. The molecular weight excluding hydrogens is 520 g/mol. The summed E-state index contributed by atoms with van der Waals surface area (Å²) in [4.78, 5) is 60.8. The highest BCUT2D eigenvalue weighted by atomic mass is 16.6. The Hall–Kier alpha value is -4.29. The molecule has 1 aromatic carbocycles. The Bertz CT molecular complexity index is 1500. The highest BCUT2D eigenvalue weighted by molar-refractivity contribution is 5.76. The molecule has 3 aromatic rings. The number of carbonyl (C=O) groups excluding carboxylic acids is 2. The van der Waals surface area contributed by atoms with Crippen molar-refractivity contribution in [1.29, 1.82) is 0 Å². The van der Waals surface area contributed by atoms with E-state index >= 15 is 0 Å². The number of likely N-dealkylation sites (tertiary alicyclic amines) is 1. The van der Waals surface area contributed by atoms with Gasteiger partial charge in [0.25, 0.3) is 5.56 Å². The third-order valence-corrected chi connectivity index (χ3v) is 7.60. The molecule has 1 N–H and O–H groups in total. The van der Waals surface area contributed by atoms with Gasteiger partial charge in [-0.2, -0.15) is 0 Å². The van der Waals surface area contributed by atoms with E-state index in [1.807, 2.05) is 29.2 Å². The summed E-state index contributed by atoms with van der Waals surface area (Å²) in [5.41, 5.74) is -0.267. The van der Waals surface area contributed by atoms with E-state index in [-0.39, 0.29) is 36.3 Å². The van der Waals surface area contributed by atoms with Crippen molar-refractivity contribution >= 4 is 23.2 Å². The van der Waals surface area contributed by atoms with Crippen molar-refractivity contribution in [2.24, 2.45) is 14.1 Å². The molecule has 0 saturated carbocycles. The number of imidazole rings is 1. The molecule has 4 heterocycles. The Morgan fingerprint density at radius 3 is 2.48 bits per heavy atom. The van der Waals surface area contributed by atoms with Crippen molar-refractivity contribution in [3.05, 3.63) is 50.9 Å². The third-order valence-electron chi connectivity index (χ3n) is 7.60. The smallest absolute Gasteiger partial charge is 0.410 e. The molecule has 0 aliphatic carbocycles. The Morgan fingerprint density at radius 2 is 1.77 bits per heavy atom. The summed E-state index contributed by atoms with van der Waals surface area (Å²) in [6, 6.07) is 7.26. The van der Waals surface area contributed by atoms with Gasteiger partial charge in [0, 0.05) is 46.1 Å². The molecule has 5 rings (SSSR count). The van der Waals surface area contributed by atoms with Gasteiger partial charge >= 0.3 is 11.8 Å². The number of nitrogens with one attached hydrogen (secondary N) is 1. The number of aryl methyl sites for hydroxylation is 2. The number of nitrogens with zero attached hydrogens (tertiary/aromatic N) is 5. The molecular formula is C27H34N6O7. The Morgan fingerprint density at radius 1 is 1.07 bits per heavy atom. The van der Waals surface area contributed by atoms with E-state index in [1.54, 1.807) is 19.1 Å². The van der Waals surface area contributed by atoms with Crippen molar-refractivity contribution in [3.63, 3.8) is 0 Å². The fourth-order valence-corrected chi connectivity index (χ4v) is 5.27. The zero-order valence-electron chi connectivity index (χ0n) is 22.9. The van der Waals surface area contributed by atoms with Gasteiger partial charge in [0.2, 0.25) is 5.91 Å². The number of hydrogen-bond donors (Lipinski definition) is 1. The van der Waals surface area contributed by atoms with Crippen LogP contribution in [0, 0.1) is 0 Å². The second-order valence-electron chi connectivity index (χ2n) is 10.2. The predicted molar refractivity (Wildman–Crippen MR) is 145 cm³/mol. The van der Waals surface area contributed by atoms with Crippen LogP contribution in [0.4, 0.5) is 4.79 Å². The number of hydrogen-bond acceptors (Lipinski definition) is 8. The van der Waals surface area contributed by atoms with Crippen LogP contribution in [-0.4, -0.2) is 86.4 Å². The molecule has 40 heavy (non-hydrogen) atoms. The highest BCUT2D eigenvalue weighted by Crippen LogP contribution is 2.24. The monoisotopic (exact) mass is 554 g/mol. The lowest BCUT2D eigenvalue weighted by molar-refractivity contribution is -0.132. The van der Waals surface area contributed by atoms with Crippen molar-refractivity contribution in [2.75, 3.05) is 33.4 Å². The molecule has 2 aliphatic rings. The van der Waals surface area contributed by atoms with Crippen molar-refractivity contribution in [2.45, 2.75) is 44.2 Å². The average Bonchev–Trinajstić information content (AvgIpc) is 3.57. The van der Waals surface area contributed by atoms with Gasteiger partial charge in [0.05, 0.1) is 13.7 Å². The van der Waals surface area contributed by atoms with Crippen LogP contribution in [0.3, 0.4) is 0 Å². The lowest BCUT2D eigenvalue weighted by Gasteiger charge is -2.35. The molecule has 13 nitrogen and oxygen atoms in total.